The quantitative estimate of drug-likeness (QED) is 0.0569. The van der Waals surface area contributed by atoms with Gasteiger partial charge in [-0.05, 0) is 117 Å². The predicted molar refractivity (Wildman–Crippen MR) is 232 cm³/mol. The van der Waals surface area contributed by atoms with E-state index in [1.807, 2.05) is 87.5 Å². The third-order valence-corrected chi connectivity index (χ3v) is 9.76. The minimum Gasteiger partial charge on any atom is -0.495 e. The molecule has 0 aliphatic carbocycles. The molecule has 0 spiro atoms. The van der Waals surface area contributed by atoms with Gasteiger partial charge < -0.3 is 39.5 Å². The SMILES string of the molecule is CCCCOc1cccc(-c2[nH]c3cc(Cl)c(OC)cc3c2CCNC(C)=O)c1.COc1cc2c(CCNC=O)c(-c3ccc(OC(C)(C)C)cc3)[nH]c2cc1Cl. The molecule has 0 aliphatic heterocycles. The van der Waals surface area contributed by atoms with Crippen LogP contribution >= 0.6 is 23.2 Å². The molecular formula is C45H52Cl2N4O6. The molecule has 10 nitrogen and oxygen atoms in total. The number of carbonyl (C=O) groups excluding carboxylic acids is 2. The Morgan fingerprint density at radius 3 is 1.88 bits per heavy atom. The van der Waals surface area contributed by atoms with Gasteiger partial charge in [-0.3, -0.25) is 9.59 Å². The molecule has 6 aromatic rings. The van der Waals surface area contributed by atoms with E-state index in [1.165, 1.54) is 6.92 Å². The average Bonchev–Trinajstić information content (AvgIpc) is 3.71. The summed E-state index contributed by atoms with van der Waals surface area (Å²) < 4.78 is 22.6. The van der Waals surface area contributed by atoms with Crippen molar-refractivity contribution >= 4 is 57.3 Å². The number of H-pyrrole nitrogens is 2. The van der Waals surface area contributed by atoms with E-state index in [1.54, 1.807) is 14.2 Å². The van der Waals surface area contributed by atoms with Crippen LogP contribution in [0.5, 0.6) is 23.0 Å². The van der Waals surface area contributed by atoms with Crippen LogP contribution in [0.15, 0.2) is 72.8 Å². The zero-order valence-electron chi connectivity index (χ0n) is 33.7. The maximum absolute atomic E-state index is 11.3. The van der Waals surface area contributed by atoms with Gasteiger partial charge in [0.05, 0.1) is 30.9 Å². The highest BCUT2D eigenvalue weighted by Crippen LogP contribution is 2.39. The van der Waals surface area contributed by atoms with Crippen molar-refractivity contribution in [2.45, 2.75) is 65.9 Å². The summed E-state index contributed by atoms with van der Waals surface area (Å²) in [5, 5.41) is 8.77. The second-order valence-electron chi connectivity index (χ2n) is 14.5. The van der Waals surface area contributed by atoms with Crippen molar-refractivity contribution in [3.63, 3.8) is 0 Å². The smallest absolute Gasteiger partial charge is 0.216 e. The Morgan fingerprint density at radius 2 is 1.35 bits per heavy atom. The van der Waals surface area contributed by atoms with Crippen LogP contribution in [0.25, 0.3) is 44.3 Å². The first kappa shape index (κ1) is 42.8. The fourth-order valence-electron chi connectivity index (χ4n) is 6.57. The highest BCUT2D eigenvalue weighted by molar-refractivity contribution is 6.33. The van der Waals surface area contributed by atoms with Crippen LogP contribution in [0.4, 0.5) is 0 Å². The van der Waals surface area contributed by atoms with Crippen molar-refractivity contribution in [1.29, 1.82) is 0 Å². The van der Waals surface area contributed by atoms with Gasteiger partial charge in [0.15, 0.2) is 0 Å². The lowest BCUT2D eigenvalue weighted by molar-refractivity contribution is -0.119. The second kappa shape index (κ2) is 19.7. The number of aromatic nitrogens is 2. The fourth-order valence-corrected chi connectivity index (χ4v) is 7.05. The lowest BCUT2D eigenvalue weighted by Crippen LogP contribution is -2.22. The van der Waals surface area contributed by atoms with Crippen LogP contribution < -0.4 is 29.6 Å². The van der Waals surface area contributed by atoms with Gasteiger partial charge in [-0.1, -0.05) is 48.7 Å². The Hall–Kier alpha value is -5.32. The van der Waals surface area contributed by atoms with Gasteiger partial charge in [0.2, 0.25) is 12.3 Å². The summed E-state index contributed by atoms with van der Waals surface area (Å²) in [6, 6.07) is 23.7. The van der Waals surface area contributed by atoms with Gasteiger partial charge in [-0.25, -0.2) is 0 Å². The number of ether oxygens (including phenoxy) is 4. The minimum atomic E-state index is -0.248. The molecule has 0 fully saturated rings. The fraction of sp³-hybridized carbons (Fsp3) is 0.333. The van der Waals surface area contributed by atoms with E-state index in [4.69, 9.17) is 42.1 Å². The van der Waals surface area contributed by atoms with Gasteiger partial charge in [0.1, 0.15) is 28.6 Å². The number of rotatable bonds is 16. The molecule has 57 heavy (non-hydrogen) atoms. The number of hydrogen-bond acceptors (Lipinski definition) is 6. The summed E-state index contributed by atoms with van der Waals surface area (Å²) in [6.07, 6.45) is 4.19. The van der Waals surface area contributed by atoms with Crippen molar-refractivity contribution in [3.05, 3.63) is 94.0 Å². The number of nitrogens with one attached hydrogen (secondary N) is 4. The topological polar surface area (TPSA) is 127 Å². The van der Waals surface area contributed by atoms with Crippen molar-refractivity contribution in [2.75, 3.05) is 33.9 Å². The van der Waals surface area contributed by atoms with E-state index in [0.717, 1.165) is 79.8 Å². The van der Waals surface area contributed by atoms with E-state index in [2.05, 4.69) is 33.6 Å². The number of amides is 2. The van der Waals surface area contributed by atoms with E-state index in [9.17, 15) is 9.59 Å². The van der Waals surface area contributed by atoms with Gasteiger partial charge in [0.25, 0.3) is 0 Å². The second-order valence-corrected chi connectivity index (χ2v) is 15.4. The Labute approximate surface area is 344 Å². The normalized spacial score (nSPS) is 11.2. The standard InChI is InChI=1S/C23H27ClN2O3.C22H25ClN2O3/c1-4-5-11-29-17-8-6-7-16(12-17)23-18(9-10-25-15(2)27)19-13-22(28-3)20(24)14-21(19)26-23;1-22(2,3)28-15-7-5-14(6-8-15)21-16(9-10-24-13-26)17-11-20(27-4)18(23)12-19(17)25-21/h6-8,12-14,26H,4-5,9-11H2,1-3H3,(H,25,27);5-8,11-13,25H,9-10H2,1-4H3,(H,24,26). The number of methoxy groups -OCH3 is 2. The summed E-state index contributed by atoms with van der Waals surface area (Å²) in [5.74, 6) is 2.87. The number of benzene rings is 4. The number of carbonyl (C=O) groups is 2. The van der Waals surface area contributed by atoms with E-state index in [0.29, 0.717) is 60.5 Å². The van der Waals surface area contributed by atoms with E-state index >= 15 is 0 Å². The van der Waals surface area contributed by atoms with Crippen molar-refractivity contribution in [1.82, 2.24) is 20.6 Å². The van der Waals surface area contributed by atoms with Crippen LogP contribution in [0.2, 0.25) is 10.0 Å². The molecule has 302 valence electrons. The number of unbranched alkanes of at least 4 members (excludes halogenated alkanes) is 1. The summed E-state index contributed by atoms with van der Waals surface area (Å²) in [4.78, 5) is 29.0. The predicted octanol–water partition coefficient (Wildman–Crippen LogP) is 10.3. The summed E-state index contributed by atoms with van der Waals surface area (Å²) in [6.45, 7) is 11.5. The first-order valence-corrected chi connectivity index (χ1v) is 19.8. The van der Waals surface area contributed by atoms with Crippen molar-refractivity contribution in [2.24, 2.45) is 0 Å². The molecule has 0 aliphatic rings. The Bertz CT molecular complexity index is 2290. The van der Waals surface area contributed by atoms with Gasteiger partial charge in [-0.2, -0.15) is 0 Å². The third-order valence-electron chi connectivity index (χ3n) is 9.17. The largest absolute Gasteiger partial charge is 0.495 e. The molecule has 4 N–H and O–H groups in total. The van der Waals surface area contributed by atoms with Crippen LogP contribution in [0.3, 0.4) is 0 Å². The van der Waals surface area contributed by atoms with Gasteiger partial charge >= 0.3 is 0 Å². The molecule has 0 bridgehead atoms. The van der Waals surface area contributed by atoms with Gasteiger partial charge in [-0.15, -0.1) is 0 Å². The first-order chi connectivity index (χ1) is 27.3. The number of hydrogen-bond donors (Lipinski definition) is 4. The number of aromatic amines is 2. The first-order valence-electron chi connectivity index (χ1n) is 19.1. The third kappa shape index (κ3) is 11.2. The van der Waals surface area contributed by atoms with E-state index in [-0.39, 0.29) is 11.5 Å². The Kier molecular flexibility index (Phi) is 14.8. The monoisotopic (exact) mass is 814 g/mol. The number of halogens is 2. The molecule has 2 amide bonds. The molecule has 6 rings (SSSR count). The molecule has 0 atom stereocenters. The summed E-state index contributed by atoms with van der Waals surface area (Å²) in [7, 11) is 3.21. The van der Waals surface area contributed by atoms with Crippen LogP contribution in [0.1, 0.15) is 58.6 Å². The maximum Gasteiger partial charge on any atom is 0.216 e. The molecule has 12 heteroatoms. The van der Waals surface area contributed by atoms with E-state index < -0.39 is 0 Å². The lowest BCUT2D eigenvalue weighted by Gasteiger charge is -2.21. The van der Waals surface area contributed by atoms with Crippen LogP contribution in [-0.2, 0) is 22.4 Å². The van der Waals surface area contributed by atoms with Gasteiger partial charge in [0, 0.05) is 58.8 Å². The molecule has 0 saturated heterocycles. The average molecular weight is 816 g/mol. The minimum absolute atomic E-state index is 0.0432. The van der Waals surface area contributed by atoms with Crippen molar-refractivity contribution in [3.8, 4) is 45.5 Å². The summed E-state index contributed by atoms with van der Waals surface area (Å²) in [5.41, 5.74) is 7.87. The van der Waals surface area contributed by atoms with Crippen LogP contribution in [0, 0.1) is 0 Å². The highest BCUT2D eigenvalue weighted by atomic mass is 35.5. The highest BCUT2D eigenvalue weighted by Gasteiger charge is 2.19. The van der Waals surface area contributed by atoms with Crippen LogP contribution in [-0.4, -0.2) is 61.8 Å². The molecule has 0 unspecified atom stereocenters. The molecule has 0 saturated carbocycles. The molecule has 0 radical (unpaired) electrons. The maximum atomic E-state index is 11.3. The molecule has 2 heterocycles. The zero-order chi connectivity index (χ0) is 41.1. The Morgan fingerprint density at radius 1 is 0.772 bits per heavy atom. The number of fused-ring (bicyclic) bond motifs is 2. The molecular weight excluding hydrogens is 763 g/mol. The Balaban J connectivity index is 0.000000218. The molecule has 4 aromatic carbocycles. The summed E-state index contributed by atoms with van der Waals surface area (Å²) >= 11 is 12.6. The zero-order valence-corrected chi connectivity index (χ0v) is 35.2. The lowest BCUT2D eigenvalue weighted by atomic mass is 10.0. The molecule has 2 aromatic heterocycles. The van der Waals surface area contributed by atoms with Crippen molar-refractivity contribution < 1.29 is 28.5 Å².